The summed E-state index contributed by atoms with van der Waals surface area (Å²) in [5.74, 6) is 0.932. The lowest BCUT2D eigenvalue weighted by Gasteiger charge is -2.17. The average molecular weight is 328 g/mol. The van der Waals surface area contributed by atoms with E-state index in [0.717, 1.165) is 46.0 Å². The normalized spacial score (nSPS) is 11.1. The van der Waals surface area contributed by atoms with Crippen LogP contribution in [0.2, 0.25) is 5.02 Å². The maximum Gasteiger partial charge on any atom is 0.204 e. The number of hydrogen-bond donors (Lipinski definition) is 0. The molecule has 23 heavy (non-hydrogen) atoms. The van der Waals surface area contributed by atoms with Crippen LogP contribution in [0.1, 0.15) is 25.3 Å². The Bertz CT molecular complexity index is 804. The van der Waals surface area contributed by atoms with Crippen molar-refractivity contribution in [2.75, 3.05) is 18.5 Å². The van der Waals surface area contributed by atoms with Crippen LogP contribution in [0.15, 0.2) is 46.9 Å². The molecule has 0 bridgehead atoms. The van der Waals surface area contributed by atoms with Crippen molar-refractivity contribution >= 4 is 28.5 Å². The van der Waals surface area contributed by atoms with E-state index < -0.39 is 0 Å². The number of halogens is 1. The van der Waals surface area contributed by atoms with E-state index in [4.69, 9.17) is 16.0 Å². The molecule has 0 unspecified atom stereocenters. The molecule has 120 valence electrons. The van der Waals surface area contributed by atoms with Crippen molar-refractivity contribution in [2.24, 2.45) is 0 Å². The Morgan fingerprint density at radius 2 is 1.83 bits per heavy atom. The zero-order valence-corrected chi connectivity index (χ0v) is 14.7. The summed E-state index contributed by atoms with van der Waals surface area (Å²) in [6.07, 6.45) is 2.31. The second-order valence-corrected chi connectivity index (χ2v) is 6.50. The summed E-state index contributed by atoms with van der Waals surface area (Å²) >= 11 is 6.05. The summed E-state index contributed by atoms with van der Waals surface area (Å²) < 4.78 is 6.19. The number of fused-ring (bicyclic) bond motifs is 1. The molecule has 1 aromatic heterocycles. The number of rotatable bonds is 5. The molecule has 1 heterocycles. The van der Waals surface area contributed by atoms with Crippen LogP contribution >= 0.6 is 11.6 Å². The number of anilines is 1. The largest absolute Gasteiger partial charge is 0.440 e. The minimum atomic E-state index is 0.749. The summed E-state index contributed by atoms with van der Waals surface area (Å²) in [5, 5.41) is 1.91. The molecule has 0 aliphatic heterocycles. The Hall–Kier alpha value is -1.93. The Balaban J connectivity index is 2.18. The number of aryl methyl sites for hydroxylation is 1. The summed E-state index contributed by atoms with van der Waals surface area (Å²) in [7, 11) is 2.10. The highest BCUT2D eigenvalue weighted by atomic mass is 35.5. The molecule has 2 nitrogen and oxygen atoms in total. The lowest BCUT2D eigenvalue weighted by atomic mass is 10.0. The molecule has 0 spiro atoms. The summed E-state index contributed by atoms with van der Waals surface area (Å²) in [6, 6.07) is 14.3. The van der Waals surface area contributed by atoms with E-state index in [2.05, 4.69) is 56.1 Å². The lowest BCUT2D eigenvalue weighted by Crippen LogP contribution is -2.18. The van der Waals surface area contributed by atoms with Gasteiger partial charge in [-0.3, -0.25) is 0 Å². The van der Waals surface area contributed by atoms with Crippen molar-refractivity contribution in [1.29, 1.82) is 0 Å². The molecule has 3 rings (SSSR count). The smallest absolute Gasteiger partial charge is 0.204 e. The zero-order valence-electron chi connectivity index (χ0n) is 13.9. The van der Waals surface area contributed by atoms with E-state index in [1.165, 1.54) is 12.0 Å². The number of benzene rings is 2. The van der Waals surface area contributed by atoms with Crippen LogP contribution < -0.4 is 4.90 Å². The third-order valence-corrected chi connectivity index (χ3v) is 4.40. The SMILES string of the molecule is CCCCN(C)c1oc2ccc(C)cc2c1-c1ccc(Cl)cc1. The molecule has 0 fully saturated rings. The lowest BCUT2D eigenvalue weighted by molar-refractivity contribution is 0.591. The Kier molecular flexibility index (Phi) is 4.63. The molecule has 0 N–H and O–H groups in total. The fourth-order valence-corrected chi connectivity index (χ4v) is 2.99. The maximum atomic E-state index is 6.19. The Labute approximate surface area is 142 Å². The summed E-state index contributed by atoms with van der Waals surface area (Å²) in [4.78, 5) is 2.21. The highest BCUT2D eigenvalue weighted by Crippen LogP contribution is 2.40. The monoisotopic (exact) mass is 327 g/mol. The zero-order chi connectivity index (χ0) is 16.4. The van der Waals surface area contributed by atoms with Gasteiger partial charge in [0.15, 0.2) is 0 Å². The van der Waals surface area contributed by atoms with Gasteiger partial charge in [0.05, 0.1) is 5.56 Å². The van der Waals surface area contributed by atoms with Crippen LogP contribution in [0.4, 0.5) is 5.88 Å². The van der Waals surface area contributed by atoms with Crippen LogP contribution in [-0.4, -0.2) is 13.6 Å². The Morgan fingerprint density at radius 1 is 1.09 bits per heavy atom. The predicted octanol–water partition coefficient (Wildman–Crippen LogP) is 6.30. The van der Waals surface area contributed by atoms with Crippen molar-refractivity contribution in [3.8, 4) is 11.1 Å². The minimum Gasteiger partial charge on any atom is -0.440 e. The predicted molar refractivity (Wildman–Crippen MR) is 99.6 cm³/mol. The van der Waals surface area contributed by atoms with Crippen LogP contribution in [0.3, 0.4) is 0 Å². The van der Waals surface area contributed by atoms with E-state index in [0.29, 0.717) is 0 Å². The first-order valence-corrected chi connectivity index (χ1v) is 8.48. The maximum absolute atomic E-state index is 6.19. The number of furan rings is 1. The van der Waals surface area contributed by atoms with E-state index >= 15 is 0 Å². The molecule has 0 saturated heterocycles. The molecule has 0 aliphatic rings. The molecule has 0 amide bonds. The highest BCUT2D eigenvalue weighted by Gasteiger charge is 2.19. The van der Waals surface area contributed by atoms with Crippen molar-refractivity contribution in [3.63, 3.8) is 0 Å². The van der Waals surface area contributed by atoms with Crippen LogP contribution in [-0.2, 0) is 0 Å². The van der Waals surface area contributed by atoms with Gasteiger partial charge in [0.1, 0.15) is 5.58 Å². The second kappa shape index (κ2) is 6.67. The van der Waals surface area contributed by atoms with Crippen LogP contribution in [0, 0.1) is 6.92 Å². The summed E-state index contributed by atoms with van der Waals surface area (Å²) in [6.45, 7) is 5.30. The first-order valence-electron chi connectivity index (χ1n) is 8.10. The van der Waals surface area contributed by atoms with Gasteiger partial charge >= 0.3 is 0 Å². The van der Waals surface area contributed by atoms with Gasteiger partial charge in [0.2, 0.25) is 5.88 Å². The van der Waals surface area contributed by atoms with E-state index in [1.807, 2.05) is 12.1 Å². The van der Waals surface area contributed by atoms with E-state index in [1.54, 1.807) is 0 Å². The van der Waals surface area contributed by atoms with E-state index in [-0.39, 0.29) is 0 Å². The fraction of sp³-hybridized carbons (Fsp3) is 0.300. The molecule has 0 radical (unpaired) electrons. The van der Waals surface area contributed by atoms with Gasteiger partial charge in [-0.25, -0.2) is 0 Å². The highest BCUT2D eigenvalue weighted by molar-refractivity contribution is 6.30. The number of hydrogen-bond acceptors (Lipinski definition) is 2. The van der Waals surface area contributed by atoms with Gasteiger partial charge in [-0.2, -0.15) is 0 Å². The number of unbranched alkanes of at least 4 members (excludes halogenated alkanes) is 1. The first kappa shape index (κ1) is 15.9. The molecular formula is C20H22ClNO. The van der Waals surface area contributed by atoms with Gasteiger partial charge in [-0.15, -0.1) is 0 Å². The standard InChI is InChI=1S/C20H22ClNO/c1-4-5-12-22(3)20-19(15-7-9-16(21)10-8-15)17-13-14(2)6-11-18(17)23-20/h6-11,13H,4-5,12H2,1-3H3. The number of nitrogens with zero attached hydrogens (tertiary/aromatic N) is 1. The van der Waals surface area contributed by atoms with Gasteiger partial charge in [0, 0.05) is 24.0 Å². The van der Waals surface area contributed by atoms with Crippen molar-refractivity contribution in [1.82, 2.24) is 0 Å². The average Bonchev–Trinajstić information content (AvgIpc) is 2.92. The van der Waals surface area contributed by atoms with Crippen molar-refractivity contribution in [2.45, 2.75) is 26.7 Å². The van der Waals surface area contributed by atoms with Crippen molar-refractivity contribution < 1.29 is 4.42 Å². The third-order valence-electron chi connectivity index (χ3n) is 4.15. The molecule has 2 aromatic carbocycles. The molecule has 3 aromatic rings. The topological polar surface area (TPSA) is 16.4 Å². The van der Waals surface area contributed by atoms with Gasteiger partial charge in [-0.05, 0) is 43.2 Å². The van der Waals surface area contributed by atoms with Crippen LogP contribution in [0.5, 0.6) is 0 Å². The molecule has 0 atom stereocenters. The fourth-order valence-electron chi connectivity index (χ4n) is 2.86. The van der Waals surface area contributed by atoms with Gasteiger partial charge < -0.3 is 9.32 Å². The molecular weight excluding hydrogens is 306 g/mol. The van der Waals surface area contributed by atoms with E-state index in [9.17, 15) is 0 Å². The quantitative estimate of drug-likeness (QED) is 0.547. The molecule has 0 saturated carbocycles. The third kappa shape index (κ3) is 3.23. The van der Waals surface area contributed by atoms with Crippen molar-refractivity contribution in [3.05, 3.63) is 53.1 Å². The first-order chi connectivity index (χ1) is 11.1. The Morgan fingerprint density at radius 3 is 2.52 bits per heavy atom. The van der Waals surface area contributed by atoms with Gasteiger partial charge in [0.25, 0.3) is 0 Å². The summed E-state index contributed by atoms with van der Waals surface area (Å²) in [5.41, 5.74) is 4.45. The molecule has 0 aliphatic carbocycles. The second-order valence-electron chi connectivity index (χ2n) is 6.06. The minimum absolute atomic E-state index is 0.749. The van der Waals surface area contributed by atoms with Gasteiger partial charge in [-0.1, -0.05) is 48.7 Å². The van der Waals surface area contributed by atoms with Crippen LogP contribution in [0.25, 0.3) is 22.1 Å². The molecule has 3 heteroatoms.